The van der Waals surface area contributed by atoms with Crippen LogP contribution in [0.4, 0.5) is 16.2 Å². The largest absolute Gasteiger partial charge is 0.450 e. The van der Waals surface area contributed by atoms with Crippen LogP contribution in [0.15, 0.2) is 60.9 Å². The van der Waals surface area contributed by atoms with Gasteiger partial charge in [0.1, 0.15) is 0 Å². The summed E-state index contributed by atoms with van der Waals surface area (Å²) < 4.78 is 29.2. The van der Waals surface area contributed by atoms with Crippen molar-refractivity contribution in [1.82, 2.24) is 9.88 Å². The van der Waals surface area contributed by atoms with Gasteiger partial charge in [-0.25, -0.2) is 9.00 Å². The maximum atomic E-state index is 13.0. The Balaban J connectivity index is 1.63. The maximum Gasteiger partial charge on any atom is 0.409 e. The summed E-state index contributed by atoms with van der Waals surface area (Å²) in [5.41, 5.74) is 1.58. The van der Waals surface area contributed by atoms with E-state index in [-0.39, 0.29) is 18.0 Å². The Morgan fingerprint density at radius 2 is 1.88 bits per heavy atom. The number of ether oxygens (including phenoxy) is 1. The summed E-state index contributed by atoms with van der Waals surface area (Å²) >= 11 is -2.29. The molecule has 1 atom stereocenters. The number of anilines is 2. The predicted molar refractivity (Wildman–Crippen MR) is 131 cm³/mol. The van der Waals surface area contributed by atoms with Crippen LogP contribution in [0.1, 0.15) is 30.1 Å². The lowest BCUT2D eigenvalue weighted by atomic mass is 10.00. The highest BCUT2D eigenvalue weighted by Gasteiger charge is 2.31. The minimum absolute atomic E-state index is 0.255. The number of hydrogen-bond donors (Lipinski definition) is 2. The van der Waals surface area contributed by atoms with E-state index in [1.165, 1.54) is 4.31 Å². The quantitative estimate of drug-likeness (QED) is 0.513. The fraction of sp³-hybridized carbons (Fsp3) is 0.292. The Morgan fingerprint density at radius 3 is 2.56 bits per heavy atom. The monoisotopic (exact) mass is 482 g/mol. The zero-order chi connectivity index (χ0) is 24.1. The molecule has 0 spiro atoms. The number of fused-ring (bicyclic) bond motifs is 1. The molecule has 3 aromatic rings. The van der Waals surface area contributed by atoms with Gasteiger partial charge in [-0.2, -0.15) is 0 Å². The number of aromatic nitrogens is 1. The van der Waals surface area contributed by atoms with Crippen molar-refractivity contribution in [3.63, 3.8) is 0 Å². The molecule has 0 bridgehead atoms. The number of piperidine rings is 1. The molecule has 0 radical (unpaired) electrons. The number of likely N-dealkylation sites (tertiary alicyclic amines) is 1. The fourth-order valence-electron chi connectivity index (χ4n) is 4.22. The van der Waals surface area contributed by atoms with Crippen LogP contribution in [0.25, 0.3) is 10.8 Å². The van der Waals surface area contributed by atoms with Gasteiger partial charge < -0.3 is 15.0 Å². The van der Waals surface area contributed by atoms with Crippen molar-refractivity contribution < 1.29 is 23.1 Å². The van der Waals surface area contributed by atoms with Crippen molar-refractivity contribution in [1.29, 1.82) is 0 Å². The van der Waals surface area contributed by atoms with Crippen LogP contribution in [0.5, 0.6) is 0 Å². The molecule has 1 unspecified atom stereocenters. The molecule has 1 aromatic heterocycles. The Morgan fingerprint density at radius 1 is 1.15 bits per heavy atom. The second-order valence-electron chi connectivity index (χ2n) is 7.85. The van der Waals surface area contributed by atoms with Crippen molar-refractivity contribution in [2.75, 3.05) is 29.3 Å². The van der Waals surface area contributed by atoms with Gasteiger partial charge in [0, 0.05) is 36.3 Å². The van der Waals surface area contributed by atoms with Gasteiger partial charge in [-0.15, -0.1) is 0 Å². The first kappa shape index (κ1) is 23.7. The topological polar surface area (TPSA) is 112 Å². The number of carbonyl (C=O) groups excluding carboxylic acids is 2. The number of hydrogen-bond acceptors (Lipinski definition) is 5. The van der Waals surface area contributed by atoms with Gasteiger partial charge >= 0.3 is 6.09 Å². The van der Waals surface area contributed by atoms with E-state index in [1.807, 2.05) is 12.1 Å². The van der Waals surface area contributed by atoms with E-state index in [0.717, 1.165) is 0 Å². The van der Waals surface area contributed by atoms with Crippen molar-refractivity contribution in [3.05, 3.63) is 66.5 Å². The first-order chi connectivity index (χ1) is 16.5. The smallest absolute Gasteiger partial charge is 0.409 e. The van der Waals surface area contributed by atoms with Gasteiger partial charge in [-0.1, -0.05) is 24.3 Å². The predicted octanol–water partition coefficient (Wildman–Crippen LogP) is 4.05. The third-order valence-electron chi connectivity index (χ3n) is 5.79. The van der Waals surface area contributed by atoms with E-state index < -0.39 is 11.3 Å². The van der Waals surface area contributed by atoms with Crippen molar-refractivity contribution in [2.24, 2.45) is 0 Å². The summed E-state index contributed by atoms with van der Waals surface area (Å²) in [5, 5.41) is 4.20. The Labute approximate surface area is 200 Å². The standard InChI is InChI=1S/C24H26N4O5S/c1-2-33-24(30)27-14-11-18(12-15-27)28(34(31)32)22-10-4-7-19-20(22)8-3-9-21(19)23(29)26-17-6-5-13-25-16-17/h3-10,13,16,18H,2,11-12,14-15H2,1H3,(H,26,29)(H,31,32). The first-order valence-electron chi connectivity index (χ1n) is 11.0. The molecule has 4 rings (SSSR count). The molecule has 2 aromatic carbocycles. The molecule has 0 aliphatic carbocycles. The normalized spacial score (nSPS) is 15.1. The first-order valence-corrected chi connectivity index (χ1v) is 12.1. The molecule has 178 valence electrons. The van der Waals surface area contributed by atoms with Crippen LogP contribution < -0.4 is 9.62 Å². The number of amides is 2. The molecule has 9 nitrogen and oxygen atoms in total. The molecular weight excluding hydrogens is 456 g/mol. The Bertz CT molecular complexity index is 1200. The van der Waals surface area contributed by atoms with Crippen LogP contribution >= 0.6 is 0 Å². The van der Waals surface area contributed by atoms with Crippen molar-refractivity contribution >= 4 is 45.4 Å². The van der Waals surface area contributed by atoms with Crippen molar-refractivity contribution in [2.45, 2.75) is 25.8 Å². The van der Waals surface area contributed by atoms with Gasteiger partial charge in [0.05, 0.1) is 24.2 Å². The lowest BCUT2D eigenvalue weighted by molar-refractivity contribution is 0.0975. The van der Waals surface area contributed by atoms with Gasteiger partial charge in [0.15, 0.2) is 0 Å². The zero-order valence-electron chi connectivity index (χ0n) is 18.7. The number of rotatable bonds is 6. The molecule has 0 saturated carbocycles. The number of pyridine rings is 1. The van der Waals surface area contributed by atoms with E-state index in [9.17, 15) is 18.4 Å². The SMILES string of the molecule is CCOC(=O)N1CCC(N(c2cccc3c(C(=O)Nc4cccnc4)cccc23)S(=O)O)CC1. The number of nitrogens with zero attached hydrogens (tertiary/aromatic N) is 3. The number of nitrogens with one attached hydrogen (secondary N) is 1. The zero-order valence-corrected chi connectivity index (χ0v) is 19.5. The van der Waals surface area contributed by atoms with Crippen molar-refractivity contribution in [3.8, 4) is 0 Å². The average Bonchev–Trinajstić information content (AvgIpc) is 2.85. The summed E-state index contributed by atoms with van der Waals surface area (Å²) in [7, 11) is 0. The van der Waals surface area contributed by atoms with Crippen LogP contribution in [-0.4, -0.2) is 56.4 Å². The van der Waals surface area contributed by atoms with E-state index in [2.05, 4.69) is 10.3 Å². The fourth-order valence-corrected chi connectivity index (χ4v) is 5.02. The molecule has 1 aliphatic heterocycles. The molecule has 2 amide bonds. The molecule has 34 heavy (non-hydrogen) atoms. The minimum Gasteiger partial charge on any atom is -0.450 e. The highest BCUT2D eigenvalue weighted by molar-refractivity contribution is 7.80. The molecule has 1 fully saturated rings. The molecular formula is C24H26N4O5S. The summed E-state index contributed by atoms with van der Waals surface area (Å²) in [6.45, 7) is 2.92. The third kappa shape index (κ3) is 5.02. The molecule has 10 heteroatoms. The molecule has 1 saturated heterocycles. The van der Waals surface area contributed by atoms with Gasteiger partial charge in [0.25, 0.3) is 17.2 Å². The van der Waals surface area contributed by atoms with E-state index in [1.54, 1.807) is 60.6 Å². The molecule has 1 aliphatic rings. The Kier molecular flexibility index (Phi) is 7.39. The summed E-state index contributed by atoms with van der Waals surface area (Å²) in [6, 6.07) is 13.9. The average molecular weight is 483 g/mol. The third-order valence-corrected chi connectivity index (χ3v) is 6.62. The number of benzene rings is 2. The second kappa shape index (κ2) is 10.6. The molecule has 2 N–H and O–H groups in total. The lowest BCUT2D eigenvalue weighted by Gasteiger charge is -2.37. The summed E-state index contributed by atoms with van der Waals surface area (Å²) in [4.78, 5) is 30.6. The van der Waals surface area contributed by atoms with E-state index >= 15 is 0 Å². The van der Waals surface area contributed by atoms with Gasteiger partial charge in [-0.3, -0.25) is 18.6 Å². The summed E-state index contributed by atoms with van der Waals surface area (Å²) in [6.07, 6.45) is 3.85. The van der Waals surface area contributed by atoms with E-state index in [4.69, 9.17) is 4.74 Å². The Hall–Kier alpha value is -3.50. The minimum atomic E-state index is -2.29. The summed E-state index contributed by atoms with van der Waals surface area (Å²) in [5.74, 6) is -0.296. The maximum absolute atomic E-state index is 13.0. The lowest BCUT2D eigenvalue weighted by Crippen LogP contribution is -2.47. The van der Waals surface area contributed by atoms with E-state index in [0.29, 0.717) is 60.2 Å². The van der Waals surface area contributed by atoms with Crippen LogP contribution in [0, 0.1) is 0 Å². The molecule has 2 heterocycles. The second-order valence-corrected chi connectivity index (χ2v) is 8.70. The van der Waals surface area contributed by atoms with Gasteiger partial charge in [-0.05, 0) is 49.4 Å². The van der Waals surface area contributed by atoms with Gasteiger partial charge in [0.2, 0.25) is 0 Å². The highest BCUT2D eigenvalue weighted by atomic mass is 32.2. The highest BCUT2D eigenvalue weighted by Crippen LogP contribution is 2.33. The van der Waals surface area contributed by atoms with Crippen LogP contribution in [0.2, 0.25) is 0 Å². The van der Waals surface area contributed by atoms with Crippen LogP contribution in [0.3, 0.4) is 0 Å². The number of carbonyl (C=O) groups is 2. The van der Waals surface area contributed by atoms with Crippen LogP contribution in [-0.2, 0) is 16.0 Å².